The standard InChI is InChI=1S/C21H29N3O2/c25-20-10-16(13-22-20)21(26)24-19-11-18(12-19)23-17-8-6-15(7-9-17)14-4-2-1-3-5-14/h6-9,14,16,18-19,23H,1-5,10-13H2,(H,22,25)(H,24,26). The van der Waals surface area contributed by atoms with Crippen LogP contribution in [0, 0.1) is 5.92 Å². The van der Waals surface area contributed by atoms with Crippen molar-refractivity contribution in [3.63, 3.8) is 0 Å². The number of nitrogens with one attached hydrogen (secondary N) is 3. The molecule has 2 saturated carbocycles. The molecule has 0 aromatic heterocycles. The lowest BCUT2D eigenvalue weighted by atomic mass is 9.84. The van der Waals surface area contributed by atoms with Crippen LogP contribution >= 0.6 is 0 Å². The highest BCUT2D eigenvalue weighted by Gasteiger charge is 2.34. The van der Waals surface area contributed by atoms with Crippen molar-refractivity contribution in [2.75, 3.05) is 11.9 Å². The Balaban J connectivity index is 1.20. The first-order chi connectivity index (χ1) is 12.7. The Labute approximate surface area is 155 Å². The van der Waals surface area contributed by atoms with E-state index in [0.717, 1.165) is 18.8 Å². The predicted molar refractivity (Wildman–Crippen MR) is 102 cm³/mol. The van der Waals surface area contributed by atoms with E-state index in [4.69, 9.17) is 0 Å². The third kappa shape index (κ3) is 4.02. The Morgan fingerprint density at radius 1 is 1.00 bits per heavy atom. The van der Waals surface area contributed by atoms with Crippen molar-refractivity contribution in [3.05, 3.63) is 29.8 Å². The maximum atomic E-state index is 12.1. The molecule has 0 radical (unpaired) electrons. The number of benzene rings is 1. The van der Waals surface area contributed by atoms with Crippen molar-refractivity contribution in [3.8, 4) is 0 Å². The first kappa shape index (κ1) is 17.4. The molecular weight excluding hydrogens is 326 g/mol. The average molecular weight is 355 g/mol. The minimum Gasteiger partial charge on any atom is -0.382 e. The zero-order valence-electron chi connectivity index (χ0n) is 15.3. The summed E-state index contributed by atoms with van der Waals surface area (Å²) in [7, 11) is 0. The van der Waals surface area contributed by atoms with Gasteiger partial charge in [0.25, 0.3) is 0 Å². The zero-order chi connectivity index (χ0) is 17.9. The van der Waals surface area contributed by atoms with E-state index in [0.29, 0.717) is 19.0 Å². The minimum atomic E-state index is -0.193. The van der Waals surface area contributed by atoms with Gasteiger partial charge in [-0.3, -0.25) is 9.59 Å². The first-order valence-electron chi connectivity index (χ1n) is 10.1. The summed E-state index contributed by atoms with van der Waals surface area (Å²) in [5.41, 5.74) is 2.65. The Morgan fingerprint density at radius 3 is 2.38 bits per heavy atom. The minimum absolute atomic E-state index is 0.0173. The summed E-state index contributed by atoms with van der Waals surface area (Å²) in [5.74, 6) is 0.554. The summed E-state index contributed by atoms with van der Waals surface area (Å²) in [6.07, 6.45) is 9.01. The fraction of sp³-hybridized carbons (Fsp3) is 0.619. The Morgan fingerprint density at radius 2 is 1.73 bits per heavy atom. The molecule has 4 rings (SSSR count). The number of amides is 2. The molecule has 1 unspecified atom stereocenters. The molecule has 3 N–H and O–H groups in total. The molecule has 1 heterocycles. The highest BCUT2D eigenvalue weighted by molar-refractivity contribution is 5.89. The molecule has 0 spiro atoms. The van der Waals surface area contributed by atoms with Crippen molar-refractivity contribution < 1.29 is 9.59 Å². The largest absolute Gasteiger partial charge is 0.382 e. The van der Waals surface area contributed by atoms with Crippen LogP contribution in [0.25, 0.3) is 0 Å². The van der Waals surface area contributed by atoms with Crippen LogP contribution in [0.2, 0.25) is 0 Å². The molecule has 5 nitrogen and oxygen atoms in total. The lowest BCUT2D eigenvalue weighted by molar-refractivity contribution is -0.127. The molecule has 2 aliphatic carbocycles. The van der Waals surface area contributed by atoms with Gasteiger partial charge in [-0.1, -0.05) is 31.4 Å². The van der Waals surface area contributed by atoms with E-state index in [-0.39, 0.29) is 23.8 Å². The van der Waals surface area contributed by atoms with Gasteiger partial charge in [-0.2, -0.15) is 0 Å². The second kappa shape index (κ2) is 7.68. The highest BCUT2D eigenvalue weighted by Crippen LogP contribution is 2.33. The molecule has 3 fully saturated rings. The van der Waals surface area contributed by atoms with Crippen LogP contribution in [0.5, 0.6) is 0 Å². The zero-order valence-corrected chi connectivity index (χ0v) is 15.3. The second-order valence-electron chi connectivity index (χ2n) is 8.18. The number of hydrogen-bond donors (Lipinski definition) is 3. The van der Waals surface area contributed by atoms with E-state index in [1.165, 1.54) is 43.4 Å². The van der Waals surface area contributed by atoms with Crippen LogP contribution in [0.3, 0.4) is 0 Å². The van der Waals surface area contributed by atoms with Gasteiger partial charge in [0, 0.05) is 30.7 Å². The van der Waals surface area contributed by atoms with Crippen LogP contribution in [-0.4, -0.2) is 30.4 Å². The van der Waals surface area contributed by atoms with E-state index >= 15 is 0 Å². The second-order valence-corrected chi connectivity index (χ2v) is 8.18. The molecule has 0 bridgehead atoms. The average Bonchev–Trinajstić information content (AvgIpc) is 3.08. The van der Waals surface area contributed by atoms with Crippen LogP contribution < -0.4 is 16.0 Å². The molecule has 1 aliphatic heterocycles. The highest BCUT2D eigenvalue weighted by atomic mass is 16.2. The molecule has 2 amide bonds. The number of hydrogen-bond acceptors (Lipinski definition) is 3. The number of anilines is 1. The molecule has 1 aromatic rings. The fourth-order valence-corrected chi connectivity index (χ4v) is 4.49. The SMILES string of the molecule is O=C1CC(C(=O)NC2CC(Nc3ccc(C4CCCCC4)cc3)C2)CN1. The lowest BCUT2D eigenvalue weighted by Gasteiger charge is -2.37. The Kier molecular flexibility index (Phi) is 5.14. The number of rotatable bonds is 5. The van der Waals surface area contributed by atoms with Crippen molar-refractivity contribution in [1.82, 2.24) is 10.6 Å². The van der Waals surface area contributed by atoms with Crippen LogP contribution in [0.4, 0.5) is 5.69 Å². The van der Waals surface area contributed by atoms with Crippen molar-refractivity contribution in [2.45, 2.75) is 69.4 Å². The molecule has 3 aliphatic rings. The van der Waals surface area contributed by atoms with E-state index < -0.39 is 0 Å². The maximum Gasteiger partial charge on any atom is 0.225 e. The summed E-state index contributed by atoms with van der Waals surface area (Å²) >= 11 is 0. The normalized spacial score (nSPS) is 28.9. The third-order valence-electron chi connectivity index (χ3n) is 6.19. The van der Waals surface area contributed by atoms with Crippen molar-refractivity contribution in [1.29, 1.82) is 0 Å². The van der Waals surface area contributed by atoms with Gasteiger partial charge >= 0.3 is 0 Å². The third-order valence-corrected chi connectivity index (χ3v) is 6.19. The maximum absolute atomic E-state index is 12.1. The van der Waals surface area contributed by atoms with Crippen molar-refractivity contribution >= 4 is 17.5 Å². The van der Waals surface area contributed by atoms with E-state index in [1.54, 1.807) is 0 Å². The van der Waals surface area contributed by atoms with E-state index in [1.807, 2.05) is 0 Å². The van der Waals surface area contributed by atoms with Gasteiger partial charge in [0.05, 0.1) is 5.92 Å². The molecule has 5 heteroatoms. The van der Waals surface area contributed by atoms with Crippen LogP contribution in [0.15, 0.2) is 24.3 Å². The van der Waals surface area contributed by atoms with E-state index in [2.05, 4.69) is 40.2 Å². The molecule has 140 valence electrons. The molecule has 26 heavy (non-hydrogen) atoms. The number of carbonyl (C=O) groups excluding carboxylic acids is 2. The first-order valence-corrected chi connectivity index (χ1v) is 10.1. The van der Waals surface area contributed by atoms with E-state index in [9.17, 15) is 9.59 Å². The number of carbonyl (C=O) groups is 2. The monoisotopic (exact) mass is 355 g/mol. The smallest absolute Gasteiger partial charge is 0.225 e. The van der Waals surface area contributed by atoms with Crippen LogP contribution in [-0.2, 0) is 9.59 Å². The lowest BCUT2D eigenvalue weighted by Crippen LogP contribution is -2.51. The van der Waals surface area contributed by atoms with Crippen molar-refractivity contribution in [2.24, 2.45) is 5.92 Å². The summed E-state index contributed by atoms with van der Waals surface area (Å²) < 4.78 is 0. The fourth-order valence-electron chi connectivity index (χ4n) is 4.49. The summed E-state index contributed by atoms with van der Waals surface area (Å²) in [6.45, 7) is 0.479. The van der Waals surface area contributed by atoms with Gasteiger partial charge in [0.15, 0.2) is 0 Å². The summed E-state index contributed by atoms with van der Waals surface area (Å²) in [4.78, 5) is 23.3. The van der Waals surface area contributed by atoms with Crippen LogP contribution in [0.1, 0.15) is 62.8 Å². The molecular formula is C21H29N3O2. The molecule has 1 saturated heterocycles. The van der Waals surface area contributed by atoms with Gasteiger partial charge < -0.3 is 16.0 Å². The Bertz CT molecular complexity index is 646. The summed E-state index contributed by atoms with van der Waals surface area (Å²) in [5, 5.41) is 9.36. The Hall–Kier alpha value is -2.04. The quantitative estimate of drug-likeness (QED) is 0.760. The summed E-state index contributed by atoms with van der Waals surface area (Å²) in [6, 6.07) is 9.61. The van der Waals surface area contributed by atoms with Gasteiger partial charge in [-0.05, 0) is 49.3 Å². The molecule has 1 atom stereocenters. The van der Waals surface area contributed by atoms with Gasteiger partial charge in [0.1, 0.15) is 0 Å². The predicted octanol–water partition coefficient (Wildman–Crippen LogP) is 2.93. The topological polar surface area (TPSA) is 70.2 Å². The van der Waals surface area contributed by atoms with Gasteiger partial charge in [-0.25, -0.2) is 0 Å². The molecule has 1 aromatic carbocycles. The van der Waals surface area contributed by atoms with Gasteiger partial charge in [0.2, 0.25) is 11.8 Å². The van der Waals surface area contributed by atoms with Gasteiger partial charge in [-0.15, -0.1) is 0 Å².